The van der Waals surface area contributed by atoms with Crippen LogP contribution in [0, 0.1) is 0 Å². The van der Waals surface area contributed by atoms with Gasteiger partial charge in [-0.3, -0.25) is 0 Å². The fraction of sp³-hybridized carbons (Fsp3) is 0.875. The average Bonchev–Trinajstić information content (AvgIpc) is 2.16. The van der Waals surface area contributed by atoms with Gasteiger partial charge in [0.15, 0.2) is 0 Å². The van der Waals surface area contributed by atoms with Crippen molar-refractivity contribution in [1.82, 2.24) is 4.72 Å². The molecule has 0 aliphatic carbocycles. The highest BCUT2D eigenvalue weighted by Crippen LogP contribution is 1.98. The first-order valence-corrected chi connectivity index (χ1v) is 6.72. The smallest absolute Gasteiger partial charge is 0.220 e. The van der Waals surface area contributed by atoms with Gasteiger partial charge in [0.25, 0.3) is 0 Å². The number of ether oxygens (including phenoxy) is 1. The van der Waals surface area contributed by atoms with E-state index in [1.165, 1.54) is 6.92 Å². The van der Waals surface area contributed by atoms with Crippen molar-refractivity contribution in [2.75, 3.05) is 19.8 Å². The summed E-state index contributed by atoms with van der Waals surface area (Å²) < 4.78 is 30.5. The molecule has 90 valence electrons. The summed E-state index contributed by atoms with van der Waals surface area (Å²) >= 11 is 4.62. The van der Waals surface area contributed by atoms with Crippen molar-refractivity contribution < 1.29 is 13.2 Å². The highest BCUT2D eigenvalue weighted by atomic mass is 32.2. The zero-order valence-electron chi connectivity index (χ0n) is 9.02. The molecule has 0 saturated carbocycles. The first-order valence-electron chi connectivity index (χ1n) is 4.77. The zero-order valence-corrected chi connectivity index (χ0v) is 10.7. The Kier molecular flexibility index (Phi) is 6.99. The number of hydrogen-bond donors (Lipinski definition) is 2. The maximum absolute atomic E-state index is 11.5. The first-order chi connectivity index (χ1) is 6.91. The van der Waals surface area contributed by atoms with E-state index in [9.17, 15) is 8.42 Å². The van der Waals surface area contributed by atoms with Crippen molar-refractivity contribution in [3.8, 4) is 0 Å². The molecule has 0 aliphatic heterocycles. The van der Waals surface area contributed by atoms with Gasteiger partial charge < -0.3 is 10.5 Å². The van der Waals surface area contributed by atoms with E-state index in [-0.39, 0.29) is 4.99 Å². The fourth-order valence-corrected chi connectivity index (χ4v) is 2.18. The van der Waals surface area contributed by atoms with Crippen LogP contribution >= 0.6 is 12.2 Å². The summed E-state index contributed by atoms with van der Waals surface area (Å²) in [4.78, 5) is -0.0210. The second kappa shape index (κ2) is 7.10. The number of thiocarbonyl (C=S) groups is 1. The third-order valence-electron chi connectivity index (χ3n) is 1.84. The first kappa shape index (κ1) is 14.8. The van der Waals surface area contributed by atoms with Crippen LogP contribution in [0.2, 0.25) is 0 Å². The van der Waals surface area contributed by atoms with Crippen molar-refractivity contribution >= 4 is 27.2 Å². The summed E-state index contributed by atoms with van der Waals surface area (Å²) in [6.07, 6.45) is 0.636. The summed E-state index contributed by atoms with van der Waals surface area (Å²) in [5, 5.41) is -0.834. The number of nitrogens with two attached hydrogens (primary N) is 1. The average molecular weight is 254 g/mol. The Morgan fingerprint density at radius 2 is 2.20 bits per heavy atom. The van der Waals surface area contributed by atoms with Crippen LogP contribution in [0.1, 0.15) is 20.3 Å². The van der Waals surface area contributed by atoms with Gasteiger partial charge in [-0.1, -0.05) is 12.2 Å². The van der Waals surface area contributed by atoms with Crippen LogP contribution in [-0.4, -0.2) is 38.4 Å². The van der Waals surface area contributed by atoms with E-state index >= 15 is 0 Å². The molecule has 0 aromatic carbocycles. The second-order valence-electron chi connectivity index (χ2n) is 3.03. The monoisotopic (exact) mass is 254 g/mol. The zero-order chi connectivity index (χ0) is 11.9. The van der Waals surface area contributed by atoms with Crippen molar-refractivity contribution in [3.63, 3.8) is 0 Å². The van der Waals surface area contributed by atoms with Gasteiger partial charge in [-0.25, -0.2) is 13.1 Å². The molecule has 0 spiro atoms. The predicted octanol–water partition coefficient (Wildman–Crippen LogP) is 0.00700. The Balaban J connectivity index is 3.90. The lowest BCUT2D eigenvalue weighted by Gasteiger charge is -2.12. The minimum absolute atomic E-state index is 0.0210. The number of nitrogens with one attached hydrogen (secondary N) is 1. The van der Waals surface area contributed by atoms with E-state index in [1.807, 2.05) is 6.92 Å². The normalized spacial score (nSPS) is 13.7. The van der Waals surface area contributed by atoms with E-state index in [0.29, 0.717) is 26.2 Å². The van der Waals surface area contributed by atoms with Crippen LogP contribution in [0.25, 0.3) is 0 Å². The van der Waals surface area contributed by atoms with Gasteiger partial charge in [-0.15, -0.1) is 0 Å². The van der Waals surface area contributed by atoms with Gasteiger partial charge in [0, 0.05) is 19.8 Å². The topological polar surface area (TPSA) is 81.4 Å². The van der Waals surface area contributed by atoms with E-state index in [1.54, 1.807) is 0 Å². The largest absolute Gasteiger partial charge is 0.392 e. The van der Waals surface area contributed by atoms with Crippen LogP contribution in [0.5, 0.6) is 0 Å². The van der Waals surface area contributed by atoms with Crippen molar-refractivity contribution in [2.24, 2.45) is 5.73 Å². The van der Waals surface area contributed by atoms with E-state index < -0.39 is 15.3 Å². The molecule has 0 aliphatic rings. The molecule has 0 aromatic rings. The highest BCUT2D eigenvalue weighted by Gasteiger charge is 2.22. The molecule has 3 N–H and O–H groups in total. The van der Waals surface area contributed by atoms with Gasteiger partial charge in [0.1, 0.15) is 5.25 Å². The highest BCUT2D eigenvalue weighted by molar-refractivity contribution is 7.93. The fourth-order valence-electron chi connectivity index (χ4n) is 0.811. The Morgan fingerprint density at radius 3 is 2.67 bits per heavy atom. The molecule has 1 atom stereocenters. The Morgan fingerprint density at radius 1 is 1.60 bits per heavy atom. The van der Waals surface area contributed by atoms with Gasteiger partial charge in [0.2, 0.25) is 10.0 Å². The standard InChI is InChI=1S/C8H18N2O3S2/c1-3-13-6-4-5-10-15(11,12)7(2)8(9)14/h7,10H,3-6H2,1-2H3,(H2,9,14). The number of hydrogen-bond acceptors (Lipinski definition) is 4. The summed E-state index contributed by atoms with van der Waals surface area (Å²) in [6, 6.07) is 0. The number of sulfonamides is 1. The molecule has 0 heterocycles. The Labute approximate surface area is 96.4 Å². The minimum atomic E-state index is -3.42. The van der Waals surface area contributed by atoms with Crippen molar-refractivity contribution in [3.05, 3.63) is 0 Å². The lowest BCUT2D eigenvalue weighted by atomic mass is 10.5. The van der Waals surface area contributed by atoms with Crippen LogP contribution in [0.4, 0.5) is 0 Å². The molecule has 7 heteroatoms. The van der Waals surface area contributed by atoms with Gasteiger partial charge in [0.05, 0.1) is 4.99 Å². The third-order valence-corrected chi connectivity index (χ3v) is 4.13. The summed E-state index contributed by atoms with van der Waals surface area (Å²) in [7, 11) is -3.42. The van der Waals surface area contributed by atoms with Crippen LogP contribution in [0.15, 0.2) is 0 Å². The molecule has 1 unspecified atom stereocenters. The molecule has 0 rings (SSSR count). The van der Waals surface area contributed by atoms with E-state index in [2.05, 4.69) is 16.9 Å². The maximum atomic E-state index is 11.5. The van der Waals surface area contributed by atoms with Crippen molar-refractivity contribution in [1.29, 1.82) is 0 Å². The molecule has 0 radical (unpaired) electrons. The molecular formula is C8H18N2O3S2. The number of rotatable bonds is 8. The van der Waals surface area contributed by atoms with Gasteiger partial charge in [-0.2, -0.15) is 0 Å². The van der Waals surface area contributed by atoms with Crippen LogP contribution < -0.4 is 10.5 Å². The quantitative estimate of drug-likeness (QED) is 0.471. The van der Waals surface area contributed by atoms with E-state index in [4.69, 9.17) is 10.5 Å². The molecule has 0 saturated heterocycles. The molecule has 5 nitrogen and oxygen atoms in total. The van der Waals surface area contributed by atoms with Crippen molar-refractivity contribution in [2.45, 2.75) is 25.5 Å². The Bertz CT molecular complexity index is 290. The van der Waals surface area contributed by atoms with Gasteiger partial charge in [-0.05, 0) is 20.3 Å². The molecule has 0 fully saturated rings. The minimum Gasteiger partial charge on any atom is -0.392 e. The summed E-state index contributed by atoms with van der Waals surface area (Å²) in [6.45, 7) is 4.87. The summed E-state index contributed by atoms with van der Waals surface area (Å²) in [5.41, 5.74) is 5.26. The predicted molar refractivity (Wildman–Crippen MR) is 64.3 cm³/mol. The molecule has 15 heavy (non-hydrogen) atoms. The maximum Gasteiger partial charge on any atom is 0.220 e. The second-order valence-corrected chi connectivity index (χ2v) is 5.59. The van der Waals surface area contributed by atoms with E-state index in [0.717, 1.165) is 0 Å². The van der Waals surface area contributed by atoms with Crippen LogP contribution in [-0.2, 0) is 14.8 Å². The molecule has 0 bridgehead atoms. The third kappa shape index (κ3) is 6.03. The molecule has 0 amide bonds. The lowest BCUT2D eigenvalue weighted by Crippen LogP contribution is -2.40. The molecular weight excluding hydrogens is 236 g/mol. The molecule has 0 aromatic heterocycles. The SMILES string of the molecule is CCOCCCNS(=O)(=O)C(C)C(N)=S. The van der Waals surface area contributed by atoms with Crippen LogP contribution in [0.3, 0.4) is 0 Å². The summed E-state index contributed by atoms with van der Waals surface area (Å²) in [5.74, 6) is 0. The van der Waals surface area contributed by atoms with Gasteiger partial charge >= 0.3 is 0 Å². The Hall–Kier alpha value is -0.240. The lowest BCUT2D eigenvalue weighted by molar-refractivity contribution is 0.146.